The van der Waals surface area contributed by atoms with Crippen molar-refractivity contribution < 1.29 is 0 Å². The Labute approximate surface area is 106 Å². The van der Waals surface area contributed by atoms with Gasteiger partial charge in [-0.3, -0.25) is 0 Å². The number of hydrogen-bond donors (Lipinski definition) is 0. The van der Waals surface area contributed by atoms with Gasteiger partial charge in [-0.1, -0.05) is 48.5 Å². The molecule has 0 aliphatic carbocycles. The fourth-order valence-corrected chi connectivity index (χ4v) is 2.67. The Morgan fingerprint density at radius 1 is 1.00 bits per heavy atom. The minimum Gasteiger partial charge on any atom is -0.0898 e. The molecule has 0 nitrogen and oxygen atoms in total. The molecule has 0 aromatic heterocycles. The van der Waals surface area contributed by atoms with Gasteiger partial charge in [0.1, 0.15) is 0 Å². The van der Waals surface area contributed by atoms with Crippen molar-refractivity contribution in [1.82, 2.24) is 0 Å². The molecule has 2 aromatic carbocycles. The molecule has 82 valence electrons. The Bertz CT molecular complexity index is 462. The van der Waals surface area contributed by atoms with Gasteiger partial charge in [0, 0.05) is 14.8 Å². The molecule has 0 atom stereocenters. The smallest absolute Gasteiger partial charge is 0.0406 e. The predicted octanol–water partition coefficient (Wildman–Crippen LogP) is 5.05. The lowest BCUT2D eigenvalue weighted by molar-refractivity contribution is 1.08. The topological polar surface area (TPSA) is 0 Å². The van der Waals surface area contributed by atoms with E-state index in [9.17, 15) is 0 Å². The van der Waals surface area contributed by atoms with E-state index in [0.29, 0.717) is 0 Å². The van der Waals surface area contributed by atoms with E-state index in [0.717, 1.165) is 11.4 Å². The quantitative estimate of drug-likeness (QED) is 0.732. The van der Waals surface area contributed by atoms with Crippen LogP contribution in [-0.4, -0.2) is 0 Å². The van der Waals surface area contributed by atoms with Crippen molar-refractivity contribution in [2.24, 2.45) is 0 Å². The second-order valence-electron chi connectivity index (χ2n) is 3.52. The highest BCUT2D eigenvalue weighted by molar-refractivity contribution is 7.99. The van der Waals surface area contributed by atoms with Crippen molar-refractivity contribution in [3.8, 4) is 0 Å². The van der Waals surface area contributed by atoms with E-state index in [1.54, 1.807) is 11.8 Å². The first-order valence-corrected chi connectivity index (χ1v) is 6.50. The Morgan fingerprint density at radius 3 is 2.38 bits per heavy atom. The van der Waals surface area contributed by atoms with E-state index >= 15 is 0 Å². The number of hydrogen-bond acceptors (Lipinski definition) is 1. The first-order chi connectivity index (χ1) is 7.79. The third kappa shape index (κ3) is 2.81. The molecule has 0 saturated heterocycles. The van der Waals surface area contributed by atoms with Crippen molar-refractivity contribution in [3.05, 3.63) is 59.1 Å². The maximum Gasteiger partial charge on any atom is 0.0406 e. The number of benzene rings is 2. The maximum atomic E-state index is 5.86. The lowest BCUT2D eigenvalue weighted by atomic mass is 10.2. The molecule has 2 heteroatoms. The third-order valence-electron chi connectivity index (χ3n) is 2.39. The van der Waals surface area contributed by atoms with Crippen LogP contribution in [0, 0.1) is 0 Å². The highest BCUT2D eigenvalue weighted by Gasteiger charge is 2.01. The third-order valence-corrected chi connectivity index (χ3v) is 3.77. The Balaban J connectivity index is 2.23. The molecule has 0 N–H and O–H groups in total. The van der Waals surface area contributed by atoms with Crippen LogP contribution in [0.15, 0.2) is 58.3 Å². The van der Waals surface area contributed by atoms with Gasteiger partial charge in [0.25, 0.3) is 0 Å². The summed E-state index contributed by atoms with van der Waals surface area (Å²) in [5, 5.41) is 0.785. The number of aryl methyl sites for hydroxylation is 1. The highest BCUT2D eigenvalue weighted by atomic mass is 35.5. The van der Waals surface area contributed by atoms with Crippen LogP contribution in [0.5, 0.6) is 0 Å². The molecule has 0 saturated carbocycles. The minimum absolute atomic E-state index is 0.785. The van der Waals surface area contributed by atoms with Crippen LogP contribution < -0.4 is 0 Å². The largest absolute Gasteiger partial charge is 0.0898 e. The average Bonchev–Trinajstić information content (AvgIpc) is 2.33. The summed E-state index contributed by atoms with van der Waals surface area (Å²) < 4.78 is 0. The summed E-state index contributed by atoms with van der Waals surface area (Å²) in [4.78, 5) is 2.55. The van der Waals surface area contributed by atoms with Gasteiger partial charge in [-0.05, 0) is 42.3 Å². The zero-order valence-electron chi connectivity index (χ0n) is 9.11. The van der Waals surface area contributed by atoms with E-state index in [4.69, 9.17) is 11.6 Å². The maximum absolute atomic E-state index is 5.86. The molecule has 0 unspecified atom stereocenters. The van der Waals surface area contributed by atoms with E-state index in [-0.39, 0.29) is 0 Å². The van der Waals surface area contributed by atoms with Crippen molar-refractivity contribution in [3.63, 3.8) is 0 Å². The summed E-state index contributed by atoms with van der Waals surface area (Å²) in [5.41, 5.74) is 1.39. The van der Waals surface area contributed by atoms with E-state index in [1.807, 2.05) is 12.1 Å². The molecule has 0 amide bonds. The molecule has 16 heavy (non-hydrogen) atoms. The zero-order chi connectivity index (χ0) is 11.4. The second kappa shape index (κ2) is 5.42. The molecular formula is C14H13ClS. The van der Waals surface area contributed by atoms with Gasteiger partial charge in [-0.15, -0.1) is 0 Å². The van der Waals surface area contributed by atoms with Crippen LogP contribution in [-0.2, 0) is 6.42 Å². The van der Waals surface area contributed by atoms with Crippen LogP contribution >= 0.6 is 23.4 Å². The summed E-state index contributed by atoms with van der Waals surface area (Å²) in [7, 11) is 0. The van der Waals surface area contributed by atoms with E-state index in [2.05, 4.69) is 43.3 Å². The normalized spacial score (nSPS) is 10.4. The first kappa shape index (κ1) is 11.6. The fourth-order valence-electron chi connectivity index (χ4n) is 1.53. The minimum atomic E-state index is 0.785. The molecule has 0 aliphatic heterocycles. The molecule has 0 fully saturated rings. The van der Waals surface area contributed by atoms with Crippen LogP contribution in [0.3, 0.4) is 0 Å². The monoisotopic (exact) mass is 248 g/mol. The number of rotatable bonds is 3. The SMILES string of the molecule is CCc1ccccc1Sc1ccc(Cl)cc1. The molecule has 2 rings (SSSR count). The Kier molecular flexibility index (Phi) is 3.92. The first-order valence-electron chi connectivity index (χ1n) is 5.31. The van der Waals surface area contributed by atoms with Gasteiger partial charge < -0.3 is 0 Å². The number of halogens is 1. The molecule has 0 radical (unpaired) electrons. The summed E-state index contributed by atoms with van der Waals surface area (Å²) in [6.45, 7) is 2.18. The van der Waals surface area contributed by atoms with Gasteiger partial charge in [0.2, 0.25) is 0 Å². The molecule has 0 bridgehead atoms. The second-order valence-corrected chi connectivity index (χ2v) is 5.07. The lowest BCUT2D eigenvalue weighted by Gasteiger charge is -2.06. The van der Waals surface area contributed by atoms with Crippen LogP contribution in [0.4, 0.5) is 0 Å². The summed E-state index contributed by atoms with van der Waals surface area (Å²) in [6, 6.07) is 16.5. The Morgan fingerprint density at radius 2 is 1.69 bits per heavy atom. The molecular weight excluding hydrogens is 236 g/mol. The Hall–Kier alpha value is -0.920. The molecule has 0 heterocycles. The predicted molar refractivity (Wildman–Crippen MR) is 71.4 cm³/mol. The molecule has 0 aliphatic rings. The van der Waals surface area contributed by atoms with E-state index in [1.165, 1.54) is 15.4 Å². The average molecular weight is 249 g/mol. The lowest BCUT2D eigenvalue weighted by Crippen LogP contribution is -1.83. The highest BCUT2D eigenvalue weighted by Crippen LogP contribution is 2.31. The van der Waals surface area contributed by atoms with E-state index < -0.39 is 0 Å². The van der Waals surface area contributed by atoms with Gasteiger partial charge >= 0.3 is 0 Å². The fraction of sp³-hybridized carbons (Fsp3) is 0.143. The van der Waals surface area contributed by atoms with Crippen LogP contribution in [0.25, 0.3) is 0 Å². The molecule has 0 spiro atoms. The van der Waals surface area contributed by atoms with Gasteiger partial charge in [-0.2, -0.15) is 0 Å². The summed E-state index contributed by atoms with van der Waals surface area (Å²) in [5.74, 6) is 0. The van der Waals surface area contributed by atoms with Crippen molar-refractivity contribution in [1.29, 1.82) is 0 Å². The van der Waals surface area contributed by atoms with Crippen molar-refractivity contribution in [2.75, 3.05) is 0 Å². The van der Waals surface area contributed by atoms with Crippen LogP contribution in [0.1, 0.15) is 12.5 Å². The zero-order valence-corrected chi connectivity index (χ0v) is 10.7. The molecule has 2 aromatic rings. The van der Waals surface area contributed by atoms with Gasteiger partial charge in [0.05, 0.1) is 0 Å². The summed E-state index contributed by atoms with van der Waals surface area (Å²) in [6.07, 6.45) is 1.07. The summed E-state index contributed by atoms with van der Waals surface area (Å²) >= 11 is 7.65. The van der Waals surface area contributed by atoms with Crippen molar-refractivity contribution >= 4 is 23.4 Å². The van der Waals surface area contributed by atoms with Crippen molar-refractivity contribution in [2.45, 2.75) is 23.1 Å². The standard InChI is InChI=1S/C14H13ClS/c1-2-11-5-3-4-6-14(11)16-13-9-7-12(15)8-10-13/h3-10H,2H2,1H3. The van der Waals surface area contributed by atoms with Gasteiger partial charge in [-0.25, -0.2) is 0 Å². The van der Waals surface area contributed by atoms with Crippen LogP contribution in [0.2, 0.25) is 5.02 Å². The van der Waals surface area contributed by atoms with Gasteiger partial charge in [0.15, 0.2) is 0 Å².